The largest absolute Gasteiger partial charge is 0.493 e. The summed E-state index contributed by atoms with van der Waals surface area (Å²) in [6.07, 6.45) is 9.31. The van der Waals surface area contributed by atoms with Crippen LogP contribution in [0.2, 0.25) is 0 Å². The van der Waals surface area contributed by atoms with E-state index in [1.165, 1.54) is 44.1 Å². The van der Waals surface area contributed by atoms with Crippen molar-refractivity contribution < 1.29 is 4.74 Å². The van der Waals surface area contributed by atoms with E-state index >= 15 is 0 Å². The predicted molar refractivity (Wildman–Crippen MR) is 81.7 cm³/mol. The second kappa shape index (κ2) is 7.57. The lowest BCUT2D eigenvalue weighted by Gasteiger charge is -2.21. The number of rotatable bonds is 6. The molecule has 1 aliphatic rings. The van der Waals surface area contributed by atoms with Gasteiger partial charge in [0.15, 0.2) is 0 Å². The monoisotopic (exact) mass is 260 g/mol. The fraction of sp³-hybridized carbons (Fsp3) is 0.667. The van der Waals surface area contributed by atoms with Crippen molar-refractivity contribution in [3.63, 3.8) is 0 Å². The first-order valence-electron chi connectivity index (χ1n) is 7.99. The minimum Gasteiger partial charge on any atom is -0.493 e. The Morgan fingerprint density at radius 1 is 1.21 bits per heavy atom. The Bertz CT molecular complexity index is 366. The molecule has 1 fully saturated rings. The Hall–Kier alpha value is -0.980. The molecule has 0 aliphatic heterocycles. The number of hydrogen-bond acceptors (Lipinski definition) is 1. The molecule has 106 valence electrons. The molecule has 19 heavy (non-hydrogen) atoms. The van der Waals surface area contributed by atoms with Crippen LogP contribution < -0.4 is 4.74 Å². The van der Waals surface area contributed by atoms with E-state index in [2.05, 4.69) is 38.1 Å². The predicted octanol–water partition coefficient (Wildman–Crippen LogP) is 5.23. The summed E-state index contributed by atoms with van der Waals surface area (Å²) in [6, 6.07) is 8.69. The van der Waals surface area contributed by atoms with E-state index in [4.69, 9.17) is 4.74 Å². The zero-order valence-electron chi connectivity index (χ0n) is 12.5. The molecule has 1 atom stereocenters. The molecule has 1 aromatic carbocycles. The van der Waals surface area contributed by atoms with Crippen molar-refractivity contribution in [2.75, 3.05) is 6.61 Å². The summed E-state index contributed by atoms with van der Waals surface area (Å²) in [6.45, 7) is 5.48. The molecule has 0 heterocycles. The quantitative estimate of drug-likeness (QED) is 0.680. The Morgan fingerprint density at radius 3 is 2.74 bits per heavy atom. The van der Waals surface area contributed by atoms with Crippen molar-refractivity contribution >= 4 is 0 Å². The van der Waals surface area contributed by atoms with Crippen LogP contribution in [0.3, 0.4) is 0 Å². The molecule has 0 bridgehead atoms. The molecule has 0 saturated heterocycles. The molecule has 0 N–H and O–H groups in total. The van der Waals surface area contributed by atoms with Crippen LogP contribution in [0.15, 0.2) is 24.3 Å². The maximum absolute atomic E-state index is 6.00. The van der Waals surface area contributed by atoms with Crippen LogP contribution >= 0.6 is 0 Å². The number of hydrogen-bond donors (Lipinski definition) is 0. The highest BCUT2D eigenvalue weighted by atomic mass is 16.5. The third kappa shape index (κ3) is 4.89. The second-order valence-electron chi connectivity index (χ2n) is 6.18. The highest BCUT2D eigenvalue weighted by molar-refractivity contribution is 5.28. The molecule has 1 saturated carbocycles. The van der Waals surface area contributed by atoms with E-state index in [0.717, 1.165) is 30.6 Å². The minimum absolute atomic E-state index is 0.758. The lowest BCUT2D eigenvalue weighted by molar-refractivity contribution is 0.208. The standard InChI is InChI=1S/C18H28O/c1-3-15(2)12-17-10-7-11-18(13-17)19-14-16-8-5-4-6-9-16/h7,10-11,13,15-16H,3-6,8-9,12,14H2,1-2H3/t15-/m0/s1. The van der Waals surface area contributed by atoms with E-state index in [-0.39, 0.29) is 0 Å². The van der Waals surface area contributed by atoms with Crippen molar-refractivity contribution in [3.8, 4) is 5.75 Å². The summed E-state index contributed by atoms with van der Waals surface area (Å²) in [5.41, 5.74) is 1.41. The van der Waals surface area contributed by atoms with Crippen LogP contribution in [-0.2, 0) is 6.42 Å². The molecule has 0 spiro atoms. The van der Waals surface area contributed by atoms with Crippen LogP contribution in [0.4, 0.5) is 0 Å². The van der Waals surface area contributed by atoms with E-state index in [1.807, 2.05) is 0 Å². The van der Waals surface area contributed by atoms with Gasteiger partial charge in [-0.15, -0.1) is 0 Å². The molecule has 1 heteroatoms. The van der Waals surface area contributed by atoms with Gasteiger partial charge in [-0.3, -0.25) is 0 Å². The Morgan fingerprint density at radius 2 is 2.00 bits per heavy atom. The summed E-state index contributed by atoms with van der Waals surface area (Å²) in [4.78, 5) is 0. The maximum Gasteiger partial charge on any atom is 0.119 e. The van der Waals surface area contributed by atoms with Crippen molar-refractivity contribution in [1.29, 1.82) is 0 Å². The molecular formula is C18H28O. The Balaban J connectivity index is 1.84. The molecule has 0 aromatic heterocycles. The molecule has 0 unspecified atom stereocenters. The van der Waals surface area contributed by atoms with Crippen molar-refractivity contribution in [2.24, 2.45) is 11.8 Å². The molecule has 1 nitrogen and oxygen atoms in total. The topological polar surface area (TPSA) is 9.23 Å². The highest BCUT2D eigenvalue weighted by Gasteiger charge is 2.14. The number of benzene rings is 1. The van der Waals surface area contributed by atoms with Gasteiger partial charge in [0, 0.05) is 0 Å². The van der Waals surface area contributed by atoms with Gasteiger partial charge in [-0.25, -0.2) is 0 Å². The Kier molecular flexibility index (Phi) is 5.75. The van der Waals surface area contributed by atoms with Crippen molar-refractivity contribution in [3.05, 3.63) is 29.8 Å². The summed E-state index contributed by atoms with van der Waals surface area (Å²) < 4.78 is 6.00. The van der Waals surface area contributed by atoms with E-state index < -0.39 is 0 Å². The molecule has 0 radical (unpaired) electrons. The highest BCUT2D eigenvalue weighted by Crippen LogP contribution is 2.25. The van der Waals surface area contributed by atoms with Gasteiger partial charge < -0.3 is 4.74 Å². The van der Waals surface area contributed by atoms with Gasteiger partial charge >= 0.3 is 0 Å². The van der Waals surface area contributed by atoms with Gasteiger partial charge in [0.25, 0.3) is 0 Å². The number of ether oxygens (including phenoxy) is 1. The maximum atomic E-state index is 6.00. The van der Waals surface area contributed by atoms with Gasteiger partial charge in [-0.05, 0) is 48.8 Å². The van der Waals surface area contributed by atoms with Crippen LogP contribution in [0.5, 0.6) is 5.75 Å². The molecule has 0 amide bonds. The van der Waals surface area contributed by atoms with Crippen molar-refractivity contribution in [1.82, 2.24) is 0 Å². The van der Waals surface area contributed by atoms with Crippen LogP contribution in [0.25, 0.3) is 0 Å². The first kappa shape index (κ1) is 14.4. The van der Waals surface area contributed by atoms with Crippen LogP contribution in [0, 0.1) is 11.8 Å². The second-order valence-corrected chi connectivity index (χ2v) is 6.18. The van der Waals surface area contributed by atoms with Gasteiger partial charge in [0.1, 0.15) is 5.75 Å². The van der Waals surface area contributed by atoms with Crippen LogP contribution in [0.1, 0.15) is 57.9 Å². The molecule has 2 rings (SSSR count). The lowest BCUT2D eigenvalue weighted by Crippen LogP contribution is -2.15. The van der Waals surface area contributed by atoms with Gasteiger partial charge in [-0.1, -0.05) is 51.7 Å². The van der Waals surface area contributed by atoms with E-state index in [0.29, 0.717) is 0 Å². The van der Waals surface area contributed by atoms with E-state index in [1.54, 1.807) is 0 Å². The smallest absolute Gasteiger partial charge is 0.119 e. The van der Waals surface area contributed by atoms with Gasteiger partial charge in [0.05, 0.1) is 6.61 Å². The fourth-order valence-electron chi connectivity index (χ4n) is 2.88. The Labute approximate surface area is 118 Å². The average Bonchev–Trinajstić information content (AvgIpc) is 2.46. The van der Waals surface area contributed by atoms with E-state index in [9.17, 15) is 0 Å². The van der Waals surface area contributed by atoms with Crippen LogP contribution in [-0.4, -0.2) is 6.61 Å². The minimum atomic E-state index is 0.758. The summed E-state index contributed by atoms with van der Waals surface area (Å²) in [5, 5.41) is 0. The third-order valence-corrected chi connectivity index (χ3v) is 4.39. The SMILES string of the molecule is CC[C@H](C)Cc1cccc(OCC2CCCCC2)c1. The lowest BCUT2D eigenvalue weighted by atomic mass is 9.90. The third-order valence-electron chi connectivity index (χ3n) is 4.39. The molecule has 1 aromatic rings. The van der Waals surface area contributed by atoms with Gasteiger partial charge in [0.2, 0.25) is 0 Å². The normalized spacial score (nSPS) is 18.2. The van der Waals surface area contributed by atoms with Gasteiger partial charge in [-0.2, -0.15) is 0 Å². The first-order valence-corrected chi connectivity index (χ1v) is 7.99. The summed E-state index contributed by atoms with van der Waals surface area (Å²) in [5.74, 6) is 2.60. The average molecular weight is 260 g/mol. The first-order chi connectivity index (χ1) is 9.28. The summed E-state index contributed by atoms with van der Waals surface area (Å²) >= 11 is 0. The summed E-state index contributed by atoms with van der Waals surface area (Å²) in [7, 11) is 0. The molecule has 1 aliphatic carbocycles. The zero-order valence-corrected chi connectivity index (χ0v) is 12.5. The van der Waals surface area contributed by atoms with Crippen molar-refractivity contribution in [2.45, 2.75) is 58.8 Å². The molecular weight excluding hydrogens is 232 g/mol. The fourth-order valence-corrected chi connectivity index (χ4v) is 2.88. The zero-order chi connectivity index (χ0) is 13.5.